The lowest BCUT2D eigenvalue weighted by atomic mass is 9.67. The van der Waals surface area contributed by atoms with Gasteiger partial charge in [0.1, 0.15) is 29.5 Å². The van der Waals surface area contributed by atoms with E-state index in [4.69, 9.17) is 5.73 Å². The number of Topliss-reactive ketones (excluding diaryl/α,β-unsaturated/α-hetero) is 2. The van der Waals surface area contributed by atoms with Crippen LogP contribution in [0, 0.1) is 57.3 Å². The quantitative estimate of drug-likeness (QED) is 0.108. The summed E-state index contributed by atoms with van der Waals surface area (Å²) in [6.07, 6.45) is 9.80. The van der Waals surface area contributed by atoms with Gasteiger partial charge < -0.3 is 5.73 Å². The van der Waals surface area contributed by atoms with Gasteiger partial charge in [0.15, 0.2) is 34.8 Å². The van der Waals surface area contributed by atoms with Crippen LogP contribution in [-0.4, -0.2) is 11.6 Å². The second-order valence-corrected chi connectivity index (χ2v) is 16.6. The van der Waals surface area contributed by atoms with Crippen molar-refractivity contribution < 1.29 is 27.2 Å². The van der Waals surface area contributed by atoms with E-state index in [9.17, 15) is 42.9 Å². The lowest BCUT2D eigenvalue weighted by Crippen LogP contribution is -2.28. The molecule has 54 heavy (non-hydrogen) atoms. The summed E-state index contributed by atoms with van der Waals surface area (Å²) >= 11 is 4.63. The highest BCUT2D eigenvalue weighted by Gasteiger charge is 2.46. The summed E-state index contributed by atoms with van der Waals surface area (Å²) in [4.78, 5) is 28.9. The van der Waals surface area contributed by atoms with Crippen LogP contribution in [0.1, 0.15) is 79.3 Å². The second-order valence-electron chi connectivity index (χ2n) is 13.5. The number of allylic oxidation sites excluding steroid dienone is 8. The first kappa shape index (κ1) is 33.9. The van der Waals surface area contributed by atoms with Gasteiger partial charge in [0.2, 0.25) is 0 Å². The Hall–Kier alpha value is -5.91. The number of hydrogen-bond donors (Lipinski definition) is 1. The average molecular weight is 773 g/mol. The van der Waals surface area contributed by atoms with Gasteiger partial charge in [-0.3, -0.25) is 9.59 Å². The monoisotopic (exact) mass is 772 g/mol. The highest BCUT2D eigenvalue weighted by molar-refractivity contribution is 7.39. The Balaban J connectivity index is 1.17. The van der Waals surface area contributed by atoms with Crippen LogP contribution in [-0.2, 0) is 5.41 Å². The topological polar surface area (TPSA) is 132 Å². The molecular weight excluding hydrogens is 753 g/mol. The fraction of sp³-hybridized carbons (Fsp3) is 0.146. The molecule has 2 aromatic carbocycles. The molecular formula is C41H20F4N4O2S3. The molecule has 1 fully saturated rings. The fourth-order valence-corrected chi connectivity index (χ4v) is 12.7. The van der Waals surface area contributed by atoms with E-state index in [1.807, 2.05) is 30.4 Å². The summed E-state index contributed by atoms with van der Waals surface area (Å²) in [5.41, 5.74) is 6.96. The van der Waals surface area contributed by atoms with Crippen LogP contribution in [0.2, 0.25) is 0 Å². The molecule has 3 heterocycles. The molecule has 1 spiro atoms. The van der Waals surface area contributed by atoms with Crippen molar-refractivity contribution >= 4 is 87.7 Å². The van der Waals surface area contributed by atoms with Gasteiger partial charge in [-0.2, -0.15) is 15.8 Å². The number of benzene rings is 2. The largest absolute Gasteiger partial charge is 0.390 e. The number of fused-ring (bicyclic) bond motifs is 8. The first-order valence-electron chi connectivity index (χ1n) is 16.7. The minimum atomic E-state index is -1.20. The van der Waals surface area contributed by atoms with Crippen molar-refractivity contribution in [2.45, 2.75) is 37.5 Å². The van der Waals surface area contributed by atoms with Crippen LogP contribution in [0.15, 0.2) is 64.4 Å². The third-order valence-electron chi connectivity index (χ3n) is 10.7. The normalized spacial score (nSPS) is 19.4. The van der Waals surface area contributed by atoms with Crippen molar-refractivity contribution in [2.24, 2.45) is 5.73 Å². The number of ketones is 2. The van der Waals surface area contributed by atoms with E-state index in [1.54, 1.807) is 34.8 Å². The maximum Gasteiger partial charge on any atom is 0.194 e. The van der Waals surface area contributed by atoms with Crippen LogP contribution < -0.4 is 5.73 Å². The highest BCUT2D eigenvalue weighted by atomic mass is 32.1. The molecule has 9 rings (SSSR count). The predicted octanol–water partition coefficient (Wildman–Crippen LogP) is 10.4. The van der Waals surface area contributed by atoms with E-state index >= 15 is 0 Å². The standard InChI is InChI=1S/C41H20F4N4O2S3/c42-26-10-20-22(12-28(26)44)36(50)24(33(20)17(14-46)15-47)6-18-7-31-35(41(18)4-2-1-3-5-41)39-40(53-31)38-32(54-39)9-19(52-38)8-25-34(30(49)16-48)21-11-27(43)29(45)13-23(21)37(25)51/h6-13H,1-5,49H2/b24-6-,25-8-,34-30+. The molecule has 4 aliphatic rings. The number of halogens is 4. The van der Waals surface area contributed by atoms with Gasteiger partial charge in [-0.05, 0) is 83.7 Å². The highest BCUT2D eigenvalue weighted by Crippen LogP contribution is 2.60. The molecule has 0 amide bonds. The van der Waals surface area contributed by atoms with E-state index in [0.29, 0.717) is 4.88 Å². The number of carbonyl (C=O) groups excluding carboxylic acids is 2. The van der Waals surface area contributed by atoms with E-state index in [2.05, 4.69) is 0 Å². The fourth-order valence-electron chi connectivity index (χ4n) is 8.36. The Bertz CT molecular complexity index is 2930. The molecule has 13 heteroatoms. The zero-order valence-electron chi connectivity index (χ0n) is 27.6. The van der Waals surface area contributed by atoms with Crippen molar-refractivity contribution in [1.29, 1.82) is 15.8 Å². The van der Waals surface area contributed by atoms with E-state index in [-0.39, 0.29) is 55.8 Å². The molecule has 2 N–H and O–H groups in total. The van der Waals surface area contributed by atoms with Crippen LogP contribution in [0.3, 0.4) is 0 Å². The zero-order valence-corrected chi connectivity index (χ0v) is 30.1. The minimum Gasteiger partial charge on any atom is -0.390 e. The number of nitrogens with two attached hydrogens (primary N) is 1. The average Bonchev–Trinajstić information content (AvgIpc) is 3.96. The predicted molar refractivity (Wildman–Crippen MR) is 200 cm³/mol. The summed E-state index contributed by atoms with van der Waals surface area (Å²) in [5.74, 6) is -5.86. The number of carbonyl (C=O) groups is 2. The molecule has 3 aromatic heterocycles. The summed E-state index contributed by atoms with van der Waals surface area (Å²) in [6, 6.07) is 10.8. The first-order chi connectivity index (χ1) is 26.0. The molecule has 1 saturated carbocycles. The van der Waals surface area contributed by atoms with Gasteiger partial charge in [0.05, 0.1) is 14.1 Å². The van der Waals surface area contributed by atoms with Crippen LogP contribution in [0.5, 0.6) is 0 Å². The van der Waals surface area contributed by atoms with Crippen molar-refractivity contribution in [2.75, 3.05) is 0 Å². The van der Waals surface area contributed by atoms with Crippen LogP contribution in [0.4, 0.5) is 17.6 Å². The maximum atomic E-state index is 14.4. The van der Waals surface area contributed by atoms with Gasteiger partial charge in [-0.15, -0.1) is 34.0 Å². The van der Waals surface area contributed by atoms with E-state index in [0.717, 1.165) is 91.2 Å². The van der Waals surface area contributed by atoms with Crippen molar-refractivity contribution in [1.82, 2.24) is 0 Å². The first-order valence-corrected chi connectivity index (χ1v) is 19.1. The summed E-state index contributed by atoms with van der Waals surface area (Å²) in [5, 5.41) is 29.2. The van der Waals surface area contributed by atoms with Crippen molar-refractivity contribution in [3.63, 3.8) is 0 Å². The van der Waals surface area contributed by atoms with Gasteiger partial charge in [0.25, 0.3) is 0 Å². The molecule has 262 valence electrons. The molecule has 4 aliphatic carbocycles. The van der Waals surface area contributed by atoms with Gasteiger partial charge >= 0.3 is 0 Å². The molecule has 0 saturated heterocycles. The summed E-state index contributed by atoms with van der Waals surface area (Å²) in [7, 11) is 0. The third-order valence-corrected chi connectivity index (χ3v) is 14.5. The van der Waals surface area contributed by atoms with Crippen LogP contribution >= 0.6 is 34.0 Å². The molecule has 0 aliphatic heterocycles. The summed E-state index contributed by atoms with van der Waals surface area (Å²) in [6.45, 7) is 0. The Morgan fingerprint density at radius 2 is 1.26 bits per heavy atom. The molecule has 6 nitrogen and oxygen atoms in total. The number of rotatable bonds is 2. The SMILES string of the molecule is N#CC(C#N)=C1/C(=C/C2=Cc3sc4c(sc5cc(/C=C6\C(=O)c7cc(F)c(F)cc7\C6=C(/N)C#N)sc54)c3C23CCCCC3)C(=O)c2cc(F)c(F)cc21. The van der Waals surface area contributed by atoms with E-state index in [1.165, 1.54) is 11.3 Å². The lowest BCUT2D eigenvalue weighted by Gasteiger charge is -2.36. The number of hydrogen-bond acceptors (Lipinski definition) is 9. The van der Waals surface area contributed by atoms with Gasteiger partial charge in [-0.1, -0.05) is 19.3 Å². The zero-order chi connectivity index (χ0) is 37.8. The number of nitrogens with zero attached hydrogens (tertiary/aromatic N) is 3. The Labute approximate surface area is 316 Å². The molecule has 0 atom stereocenters. The van der Waals surface area contributed by atoms with Crippen molar-refractivity contribution in [3.05, 3.63) is 125 Å². The third kappa shape index (κ3) is 4.64. The smallest absolute Gasteiger partial charge is 0.194 e. The molecule has 0 unspecified atom stereocenters. The summed E-state index contributed by atoms with van der Waals surface area (Å²) < 4.78 is 61.2. The van der Waals surface area contributed by atoms with Crippen molar-refractivity contribution in [3.8, 4) is 18.2 Å². The maximum absolute atomic E-state index is 14.4. The lowest BCUT2D eigenvalue weighted by molar-refractivity contribution is 0.103. The van der Waals surface area contributed by atoms with Crippen LogP contribution in [0.25, 0.3) is 42.1 Å². The molecule has 5 aromatic rings. The number of nitriles is 3. The Kier molecular flexibility index (Phi) is 7.57. The molecule has 0 radical (unpaired) electrons. The Morgan fingerprint density at radius 1 is 0.685 bits per heavy atom. The van der Waals surface area contributed by atoms with E-state index < -0.39 is 40.3 Å². The van der Waals surface area contributed by atoms with Gasteiger partial charge in [0, 0.05) is 53.3 Å². The Morgan fingerprint density at radius 3 is 1.85 bits per heavy atom. The minimum absolute atomic E-state index is 0.00177. The van der Waals surface area contributed by atoms with Gasteiger partial charge in [-0.25, -0.2) is 17.6 Å². The second kappa shape index (κ2) is 12.1. The molecule has 0 bridgehead atoms. The number of thiophene rings is 3.